The Bertz CT molecular complexity index is 758. The summed E-state index contributed by atoms with van der Waals surface area (Å²) < 4.78 is 10.6. The van der Waals surface area contributed by atoms with Gasteiger partial charge in [0.2, 0.25) is 11.8 Å². The van der Waals surface area contributed by atoms with E-state index >= 15 is 0 Å². The number of nitrogens with two attached hydrogens (primary N) is 1. The second kappa shape index (κ2) is 7.34. The molecule has 1 heterocycles. The minimum atomic E-state index is -0.655. The van der Waals surface area contributed by atoms with Crippen LogP contribution in [-0.4, -0.2) is 37.0 Å². The number of methoxy groups -OCH3 is 2. The number of carbonyl (C=O) groups is 2. The molecule has 4 atom stereocenters. The number of likely N-dealkylation sites (tertiary alicyclic amines) is 1. The van der Waals surface area contributed by atoms with E-state index in [4.69, 9.17) is 15.2 Å². The van der Waals surface area contributed by atoms with Crippen LogP contribution in [0.2, 0.25) is 0 Å². The number of hydrogen-bond acceptors (Lipinski definition) is 6. The van der Waals surface area contributed by atoms with Crippen molar-refractivity contribution < 1.29 is 19.1 Å². The van der Waals surface area contributed by atoms with Gasteiger partial charge in [-0.15, -0.1) is 0 Å². The largest absolute Gasteiger partial charge is 0.493 e. The molecule has 1 aliphatic carbocycles. The van der Waals surface area contributed by atoms with Crippen LogP contribution >= 0.6 is 0 Å². The molecule has 1 saturated carbocycles. The van der Waals surface area contributed by atoms with Crippen LogP contribution in [0.15, 0.2) is 18.2 Å². The van der Waals surface area contributed by atoms with Crippen LogP contribution in [0.3, 0.4) is 0 Å². The molecular weight excluding hydrogens is 334 g/mol. The summed E-state index contributed by atoms with van der Waals surface area (Å²) in [6, 6.07) is 6.31. The topological polar surface area (TPSA) is 106 Å². The highest BCUT2D eigenvalue weighted by Crippen LogP contribution is 2.43. The summed E-state index contributed by atoms with van der Waals surface area (Å²) in [6.07, 6.45) is 2.27. The first-order valence-electron chi connectivity index (χ1n) is 8.74. The number of nitriles is 1. The van der Waals surface area contributed by atoms with E-state index in [1.54, 1.807) is 18.2 Å². The second-order valence-corrected chi connectivity index (χ2v) is 6.77. The Balaban J connectivity index is 1.99. The first-order valence-corrected chi connectivity index (χ1v) is 8.74. The number of rotatable bonds is 5. The monoisotopic (exact) mass is 357 g/mol. The molecule has 3 rings (SSSR count). The Labute approximate surface area is 152 Å². The first kappa shape index (κ1) is 18.2. The van der Waals surface area contributed by atoms with Gasteiger partial charge in [0.05, 0.1) is 44.6 Å². The lowest BCUT2D eigenvalue weighted by molar-refractivity contribution is -0.142. The standard InChI is InChI=1S/C19H23N3O4/c1-25-15-7-6-11(10-16(15)26-2)14(8-9-20)22-18(23)12-4-3-5-13(21)17(12)19(22)24/h6-7,10,12-14,17H,3-5,8,21H2,1-2H3. The molecule has 1 aromatic rings. The Hall–Kier alpha value is -2.59. The maximum atomic E-state index is 13.0. The molecule has 7 nitrogen and oxygen atoms in total. The summed E-state index contributed by atoms with van der Waals surface area (Å²) in [4.78, 5) is 27.2. The number of fused-ring (bicyclic) bond motifs is 1. The van der Waals surface area contributed by atoms with Crippen LogP contribution in [0.25, 0.3) is 0 Å². The molecule has 0 bridgehead atoms. The van der Waals surface area contributed by atoms with Crippen LogP contribution in [0.4, 0.5) is 0 Å². The van der Waals surface area contributed by atoms with E-state index in [9.17, 15) is 14.9 Å². The zero-order valence-electron chi connectivity index (χ0n) is 15.0. The summed E-state index contributed by atoms with van der Waals surface area (Å²) in [7, 11) is 3.05. The lowest BCUT2D eigenvalue weighted by Gasteiger charge is -2.27. The lowest BCUT2D eigenvalue weighted by Crippen LogP contribution is -2.41. The van der Waals surface area contributed by atoms with Crippen molar-refractivity contribution >= 4 is 11.8 Å². The minimum absolute atomic E-state index is 0.0155. The quantitative estimate of drug-likeness (QED) is 0.805. The van der Waals surface area contributed by atoms with Gasteiger partial charge in [-0.2, -0.15) is 5.26 Å². The molecule has 7 heteroatoms. The smallest absolute Gasteiger partial charge is 0.235 e. The maximum absolute atomic E-state index is 13.0. The lowest BCUT2D eigenvalue weighted by atomic mass is 9.78. The average Bonchev–Trinajstić information content (AvgIpc) is 2.91. The Morgan fingerprint density at radius 1 is 1.23 bits per heavy atom. The van der Waals surface area contributed by atoms with Gasteiger partial charge < -0.3 is 15.2 Å². The number of carbonyl (C=O) groups excluding carboxylic acids is 2. The van der Waals surface area contributed by atoms with Gasteiger partial charge in [0.15, 0.2) is 11.5 Å². The highest BCUT2D eigenvalue weighted by molar-refractivity contribution is 6.06. The van der Waals surface area contributed by atoms with Crippen molar-refractivity contribution in [3.63, 3.8) is 0 Å². The molecule has 0 spiro atoms. The fourth-order valence-electron chi connectivity index (χ4n) is 4.12. The van der Waals surface area contributed by atoms with Gasteiger partial charge in [0.1, 0.15) is 0 Å². The van der Waals surface area contributed by atoms with E-state index in [1.807, 2.05) is 0 Å². The third kappa shape index (κ3) is 2.90. The second-order valence-electron chi connectivity index (χ2n) is 6.77. The number of hydrogen-bond donors (Lipinski definition) is 1. The highest BCUT2D eigenvalue weighted by atomic mass is 16.5. The number of ether oxygens (including phenoxy) is 2. The molecular formula is C19H23N3O4. The zero-order chi connectivity index (χ0) is 18.8. The average molecular weight is 357 g/mol. The van der Waals surface area contributed by atoms with E-state index in [-0.39, 0.29) is 30.2 Å². The fourth-order valence-corrected chi connectivity index (χ4v) is 4.12. The molecule has 0 aromatic heterocycles. The van der Waals surface area contributed by atoms with Gasteiger partial charge in [-0.25, -0.2) is 0 Å². The molecule has 2 aliphatic rings. The third-order valence-electron chi connectivity index (χ3n) is 5.41. The zero-order valence-corrected chi connectivity index (χ0v) is 15.0. The van der Waals surface area contributed by atoms with E-state index in [0.29, 0.717) is 23.5 Å². The van der Waals surface area contributed by atoms with Crippen molar-refractivity contribution in [1.82, 2.24) is 4.90 Å². The minimum Gasteiger partial charge on any atom is -0.493 e. The van der Waals surface area contributed by atoms with Crippen molar-refractivity contribution in [2.75, 3.05) is 14.2 Å². The highest BCUT2D eigenvalue weighted by Gasteiger charge is 2.53. The molecule has 2 amide bonds. The molecule has 2 N–H and O–H groups in total. The predicted molar refractivity (Wildman–Crippen MR) is 93.2 cm³/mol. The molecule has 1 saturated heterocycles. The molecule has 4 unspecified atom stereocenters. The van der Waals surface area contributed by atoms with Gasteiger partial charge in [-0.3, -0.25) is 14.5 Å². The van der Waals surface area contributed by atoms with Gasteiger partial charge in [0, 0.05) is 6.04 Å². The molecule has 1 aliphatic heterocycles. The molecule has 138 valence electrons. The fraction of sp³-hybridized carbons (Fsp3) is 0.526. The van der Waals surface area contributed by atoms with Crippen LogP contribution in [-0.2, 0) is 9.59 Å². The Morgan fingerprint density at radius 3 is 2.58 bits per heavy atom. The molecule has 1 aromatic carbocycles. The molecule has 26 heavy (non-hydrogen) atoms. The van der Waals surface area contributed by atoms with E-state index in [1.165, 1.54) is 19.1 Å². The SMILES string of the molecule is COc1ccc(C(CC#N)N2C(=O)C3CCCC(N)C3C2=O)cc1OC. The van der Waals surface area contributed by atoms with Crippen LogP contribution in [0.1, 0.15) is 37.3 Å². The Morgan fingerprint density at radius 2 is 1.96 bits per heavy atom. The summed E-state index contributed by atoms with van der Waals surface area (Å²) in [5.41, 5.74) is 6.79. The molecule has 0 radical (unpaired) electrons. The third-order valence-corrected chi connectivity index (χ3v) is 5.41. The number of imide groups is 1. The van der Waals surface area contributed by atoms with Crippen LogP contribution in [0.5, 0.6) is 11.5 Å². The van der Waals surface area contributed by atoms with E-state index < -0.39 is 12.0 Å². The van der Waals surface area contributed by atoms with Crippen molar-refractivity contribution in [3.8, 4) is 17.6 Å². The molecule has 2 fully saturated rings. The van der Waals surface area contributed by atoms with E-state index in [0.717, 1.165) is 12.8 Å². The summed E-state index contributed by atoms with van der Waals surface area (Å²) in [6.45, 7) is 0. The number of amides is 2. The van der Waals surface area contributed by atoms with Crippen molar-refractivity contribution in [2.45, 2.75) is 37.8 Å². The van der Waals surface area contributed by atoms with Gasteiger partial charge in [0.25, 0.3) is 0 Å². The van der Waals surface area contributed by atoms with Crippen molar-refractivity contribution in [2.24, 2.45) is 17.6 Å². The summed E-state index contributed by atoms with van der Waals surface area (Å²) in [5, 5.41) is 9.29. The predicted octanol–water partition coefficient (Wildman–Crippen LogP) is 1.77. The van der Waals surface area contributed by atoms with E-state index in [2.05, 4.69) is 6.07 Å². The van der Waals surface area contributed by atoms with Crippen molar-refractivity contribution in [1.29, 1.82) is 5.26 Å². The maximum Gasteiger partial charge on any atom is 0.235 e. The van der Waals surface area contributed by atoms with Gasteiger partial charge in [-0.1, -0.05) is 12.5 Å². The van der Waals surface area contributed by atoms with Gasteiger partial charge in [-0.05, 0) is 30.5 Å². The Kier molecular flexibility index (Phi) is 5.14. The number of nitrogens with zero attached hydrogens (tertiary/aromatic N) is 2. The first-order chi connectivity index (χ1) is 12.5. The van der Waals surface area contributed by atoms with Crippen LogP contribution < -0.4 is 15.2 Å². The summed E-state index contributed by atoms with van der Waals surface area (Å²) >= 11 is 0. The van der Waals surface area contributed by atoms with Crippen LogP contribution in [0, 0.1) is 23.2 Å². The number of benzene rings is 1. The summed E-state index contributed by atoms with van der Waals surface area (Å²) in [5.74, 6) is -0.291. The van der Waals surface area contributed by atoms with Crippen molar-refractivity contribution in [3.05, 3.63) is 23.8 Å². The van der Waals surface area contributed by atoms with Gasteiger partial charge >= 0.3 is 0 Å². The normalized spacial score (nSPS) is 26.2.